The van der Waals surface area contributed by atoms with Crippen molar-refractivity contribution in [3.63, 3.8) is 0 Å². The van der Waals surface area contributed by atoms with Crippen LogP contribution in [0.25, 0.3) is 11.3 Å². The number of rotatable bonds is 3. The van der Waals surface area contributed by atoms with Crippen molar-refractivity contribution in [2.75, 3.05) is 31.1 Å². The molecule has 7 nitrogen and oxygen atoms in total. The molecule has 3 heterocycles. The van der Waals surface area contributed by atoms with Gasteiger partial charge in [-0.2, -0.15) is 10.2 Å². The number of halogens is 1. The maximum absolute atomic E-state index is 13.1. The zero-order valence-electron chi connectivity index (χ0n) is 15.8. The van der Waals surface area contributed by atoms with Crippen LogP contribution in [0, 0.1) is 12.7 Å². The van der Waals surface area contributed by atoms with Crippen molar-refractivity contribution < 1.29 is 9.18 Å². The third-order valence-corrected chi connectivity index (χ3v) is 4.91. The van der Waals surface area contributed by atoms with E-state index in [-0.39, 0.29) is 11.7 Å². The molecule has 4 rings (SSSR count). The van der Waals surface area contributed by atoms with Crippen LogP contribution in [0.1, 0.15) is 16.2 Å². The maximum atomic E-state index is 13.1. The van der Waals surface area contributed by atoms with E-state index >= 15 is 0 Å². The highest BCUT2D eigenvalue weighted by molar-refractivity contribution is 5.94. The van der Waals surface area contributed by atoms with Gasteiger partial charge in [0.05, 0.1) is 11.4 Å². The minimum atomic E-state index is -0.299. The number of hydrogen-bond acceptors (Lipinski definition) is 5. The van der Waals surface area contributed by atoms with E-state index in [1.54, 1.807) is 29.9 Å². The van der Waals surface area contributed by atoms with Crippen molar-refractivity contribution in [1.29, 1.82) is 0 Å². The number of carbonyl (C=O) groups is 1. The zero-order valence-corrected chi connectivity index (χ0v) is 15.8. The molecule has 2 aromatic heterocycles. The number of aromatic nitrogens is 4. The molecular weight excluding hydrogens is 359 g/mol. The molecule has 0 radical (unpaired) electrons. The fourth-order valence-electron chi connectivity index (χ4n) is 3.29. The molecule has 0 N–H and O–H groups in total. The highest BCUT2D eigenvalue weighted by atomic mass is 19.1. The Morgan fingerprint density at radius 2 is 1.71 bits per heavy atom. The van der Waals surface area contributed by atoms with E-state index in [0.717, 1.165) is 17.1 Å². The number of aryl methyl sites for hydroxylation is 2. The van der Waals surface area contributed by atoms with Crippen LogP contribution in [-0.2, 0) is 7.05 Å². The molecule has 3 aromatic rings. The van der Waals surface area contributed by atoms with Gasteiger partial charge in [-0.15, -0.1) is 5.10 Å². The van der Waals surface area contributed by atoms with Gasteiger partial charge in [-0.1, -0.05) is 0 Å². The molecule has 28 heavy (non-hydrogen) atoms. The van der Waals surface area contributed by atoms with Gasteiger partial charge in [0.25, 0.3) is 5.91 Å². The van der Waals surface area contributed by atoms with E-state index < -0.39 is 0 Å². The number of piperazine rings is 1. The fraction of sp³-hybridized carbons (Fsp3) is 0.300. The highest BCUT2D eigenvalue weighted by Gasteiger charge is 2.25. The predicted octanol–water partition coefficient (Wildman–Crippen LogP) is 2.29. The Labute approximate surface area is 162 Å². The zero-order chi connectivity index (χ0) is 19.7. The van der Waals surface area contributed by atoms with Crippen molar-refractivity contribution in [2.45, 2.75) is 6.92 Å². The molecule has 0 atom stereocenters. The first-order chi connectivity index (χ1) is 13.5. The molecule has 0 saturated carbocycles. The van der Waals surface area contributed by atoms with Crippen LogP contribution < -0.4 is 4.90 Å². The molecule has 0 spiro atoms. The first-order valence-corrected chi connectivity index (χ1v) is 9.16. The Bertz CT molecular complexity index is 975. The van der Waals surface area contributed by atoms with Crippen molar-refractivity contribution >= 4 is 11.7 Å². The Morgan fingerprint density at radius 3 is 2.36 bits per heavy atom. The standard InChI is InChI=1S/C20H21FN6O/c1-14-3-8-19(23-22-14)26-9-11-27(12-10-26)20(28)18-13-17(24-25(18)2)15-4-6-16(21)7-5-15/h3-8,13H,9-12H2,1-2H3. The van der Waals surface area contributed by atoms with Gasteiger partial charge in [-0.05, 0) is 49.4 Å². The normalized spacial score (nSPS) is 14.4. The summed E-state index contributed by atoms with van der Waals surface area (Å²) in [6, 6.07) is 11.7. The average Bonchev–Trinajstić information content (AvgIpc) is 3.10. The largest absolute Gasteiger partial charge is 0.352 e. The maximum Gasteiger partial charge on any atom is 0.272 e. The Kier molecular flexibility index (Phi) is 4.77. The summed E-state index contributed by atoms with van der Waals surface area (Å²) in [5, 5.41) is 12.7. The molecule has 1 fully saturated rings. The smallest absolute Gasteiger partial charge is 0.272 e. The monoisotopic (exact) mass is 380 g/mol. The van der Waals surface area contributed by atoms with Crippen LogP contribution in [0.15, 0.2) is 42.5 Å². The van der Waals surface area contributed by atoms with Gasteiger partial charge in [-0.25, -0.2) is 4.39 Å². The van der Waals surface area contributed by atoms with Gasteiger partial charge in [0.2, 0.25) is 0 Å². The van der Waals surface area contributed by atoms with Crippen molar-refractivity contribution in [1.82, 2.24) is 24.9 Å². The van der Waals surface area contributed by atoms with E-state index in [4.69, 9.17) is 0 Å². The summed E-state index contributed by atoms with van der Waals surface area (Å²) in [4.78, 5) is 16.9. The number of nitrogens with zero attached hydrogens (tertiary/aromatic N) is 6. The molecule has 0 aliphatic carbocycles. The summed E-state index contributed by atoms with van der Waals surface area (Å²) in [6.07, 6.45) is 0. The van der Waals surface area contributed by atoms with Crippen molar-refractivity contribution in [2.24, 2.45) is 7.05 Å². The van der Waals surface area contributed by atoms with Gasteiger partial charge in [0.1, 0.15) is 11.5 Å². The molecule has 144 valence electrons. The summed E-state index contributed by atoms with van der Waals surface area (Å²) >= 11 is 0. The molecule has 0 unspecified atom stereocenters. The molecule has 1 amide bonds. The molecule has 8 heteroatoms. The minimum Gasteiger partial charge on any atom is -0.352 e. The second-order valence-electron chi connectivity index (χ2n) is 6.86. The van der Waals surface area contributed by atoms with Crippen molar-refractivity contribution in [3.8, 4) is 11.3 Å². The molecule has 0 bridgehead atoms. The molecule has 1 saturated heterocycles. The lowest BCUT2D eigenvalue weighted by Crippen LogP contribution is -2.49. The van der Waals surface area contributed by atoms with Gasteiger partial charge in [0, 0.05) is 38.8 Å². The summed E-state index contributed by atoms with van der Waals surface area (Å²) < 4.78 is 14.7. The van der Waals surface area contributed by atoms with Crippen LogP contribution >= 0.6 is 0 Å². The Hall–Kier alpha value is -3.29. The lowest BCUT2D eigenvalue weighted by Gasteiger charge is -2.35. The molecular formula is C20H21FN6O. The number of hydrogen-bond donors (Lipinski definition) is 0. The topological polar surface area (TPSA) is 67.2 Å². The first-order valence-electron chi connectivity index (χ1n) is 9.16. The summed E-state index contributed by atoms with van der Waals surface area (Å²) in [5.41, 5.74) is 2.83. The van der Waals surface area contributed by atoms with Crippen LogP contribution in [0.4, 0.5) is 10.2 Å². The van der Waals surface area contributed by atoms with Gasteiger partial charge < -0.3 is 9.80 Å². The second-order valence-corrected chi connectivity index (χ2v) is 6.86. The lowest BCUT2D eigenvalue weighted by atomic mass is 10.1. The number of carbonyl (C=O) groups excluding carboxylic acids is 1. The number of amides is 1. The molecule has 1 aliphatic heterocycles. The minimum absolute atomic E-state index is 0.0574. The molecule has 1 aromatic carbocycles. The van der Waals surface area contributed by atoms with Crippen LogP contribution in [0.2, 0.25) is 0 Å². The van der Waals surface area contributed by atoms with E-state index in [0.29, 0.717) is 37.6 Å². The van der Waals surface area contributed by atoms with E-state index in [1.165, 1.54) is 12.1 Å². The average molecular weight is 380 g/mol. The van der Waals surface area contributed by atoms with Crippen molar-refractivity contribution in [3.05, 3.63) is 59.7 Å². The first kappa shape index (κ1) is 18.1. The SMILES string of the molecule is Cc1ccc(N2CCN(C(=O)c3cc(-c4ccc(F)cc4)nn3C)CC2)nn1. The van der Waals surface area contributed by atoms with E-state index in [9.17, 15) is 9.18 Å². The third-order valence-electron chi connectivity index (χ3n) is 4.91. The van der Waals surface area contributed by atoms with Gasteiger partial charge >= 0.3 is 0 Å². The quantitative estimate of drug-likeness (QED) is 0.697. The highest BCUT2D eigenvalue weighted by Crippen LogP contribution is 2.21. The van der Waals surface area contributed by atoms with Crippen LogP contribution in [0.5, 0.6) is 0 Å². The summed E-state index contributed by atoms with van der Waals surface area (Å²) in [7, 11) is 1.75. The van der Waals surface area contributed by atoms with Crippen LogP contribution in [0.3, 0.4) is 0 Å². The Balaban J connectivity index is 1.45. The second kappa shape index (κ2) is 7.38. The number of anilines is 1. The molecule has 1 aliphatic rings. The third kappa shape index (κ3) is 3.58. The number of benzene rings is 1. The predicted molar refractivity (Wildman–Crippen MR) is 103 cm³/mol. The van der Waals surface area contributed by atoms with E-state index in [1.807, 2.05) is 24.0 Å². The van der Waals surface area contributed by atoms with Crippen LogP contribution in [-0.4, -0.2) is 57.0 Å². The summed E-state index contributed by atoms with van der Waals surface area (Å²) in [5.74, 6) is 0.474. The summed E-state index contributed by atoms with van der Waals surface area (Å²) in [6.45, 7) is 4.51. The van der Waals surface area contributed by atoms with Gasteiger partial charge in [0.15, 0.2) is 5.82 Å². The Morgan fingerprint density at radius 1 is 1.00 bits per heavy atom. The van der Waals surface area contributed by atoms with Gasteiger partial charge in [-0.3, -0.25) is 9.48 Å². The lowest BCUT2D eigenvalue weighted by molar-refractivity contribution is 0.0735. The van der Waals surface area contributed by atoms with E-state index in [2.05, 4.69) is 20.2 Å². The fourth-order valence-corrected chi connectivity index (χ4v) is 3.29.